The molecule has 10 rings (SSSR count). The normalized spacial score (nSPS) is 19.4. The molecule has 5 nitrogen and oxygen atoms in total. The number of hydrogen-bond donors (Lipinski definition) is 0. The lowest BCUT2D eigenvalue weighted by atomic mass is 9.97. The van der Waals surface area contributed by atoms with Gasteiger partial charge in [-0.2, -0.15) is 9.97 Å². The van der Waals surface area contributed by atoms with Crippen molar-refractivity contribution in [2.45, 2.75) is 0 Å². The number of benzene rings is 7. The molecule has 0 N–H and O–H groups in total. The van der Waals surface area contributed by atoms with E-state index in [2.05, 4.69) is 15.0 Å². The third kappa shape index (κ3) is 4.52. The van der Waals surface area contributed by atoms with Gasteiger partial charge in [-0.25, -0.2) is 4.98 Å². The fraction of sp³-hybridized carbons (Fsp3) is 0. The van der Waals surface area contributed by atoms with Crippen molar-refractivity contribution in [3.05, 3.63) is 169 Å². The molecule has 0 radical (unpaired) electrons. The van der Waals surface area contributed by atoms with E-state index in [9.17, 15) is 6.85 Å². The maximum Gasteiger partial charge on any atom is 0.238 e. The fourth-order valence-electron chi connectivity index (χ4n) is 5.50. The van der Waals surface area contributed by atoms with Crippen LogP contribution in [0.5, 0.6) is 0 Å². The molecule has 3 heterocycles. The van der Waals surface area contributed by atoms with E-state index in [-0.39, 0.29) is 0 Å². The van der Waals surface area contributed by atoms with Crippen LogP contribution in [-0.4, -0.2) is 19.5 Å². The van der Waals surface area contributed by atoms with Gasteiger partial charge in [0.1, 0.15) is 11.2 Å². The van der Waals surface area contributed by atoms with E-state index in [1.807, 2.05) is 0 Å². The van der Waals surface area contributed by atoms with Gasteiger partial charge >= 0.3 is 0 Å². The molecule has 0 amide bonds. The quantitative estimate of drug-likeness (QED) is 0.183. The first-order valence-electron chi connectivity index (χ1n) is 28.4. The second-order valence-electron chi connectivity index (χ2n) is 10.3. The lowest BCUT2D eigenvalue weighted by Gasteiger charge is -2.12. The molecule has 0 aliphatic carbocycles. The molecule has 7 aromatic carbocycles. The van der Waals surface area contributed by atoms with Crippen LogP contribution in [0, 0.1) is 0 Å². The third-order valence-corrected chi connectivity index (χ3v) is 7.56. The molecule has 0 saturated carbocycles. The summed E-state index contributed by atoms with van der Waals surface area (Å²) in [6, 6.07) is -25.8. The smallest absolute Gasteiger partial charge is 0.238 e. The zero-order chi connectivity index (χ0) is 57.4. The van der Waals surface area contributed by atoms with E-state index < -0.39 is 264 Å². The molecular formula is C45H28N4O. The standard InChI is InChI=1S/C45H28N4O/c1-4-14-29(15-5-1)32-26-27-35-34-20-10-11-23-37(34)49(38(35)28-32)45-47-43(31-18-8-3-9-19-31)46-44(48-45)36-22-13-25-40-42(36)41-33(21-12-24-39(41)50-40)30-16-6-2-7-17-30/h1-28H/i1D,2D,3D,4D,5D,6D,7D,8D,9D,10D,11D,12D,13D,14D,15D,16D,17D,18D,19D,20D,21D,22D,23D,24D,25D,26D,27D,28D. The molecular weight excluding hydrogens is 613 g/mol. The Hall–Kier alpha value is -6.85. The minimum atomic E-state index is -1.000. The first-order valence-corrected chi connectivity index (χ1v) is 14.4. The van der Waals surface area contributed by atoms with E-state index in [4.69, 9.17) is 35.9 Å². The highest BCUT2D eigenvalue weighted by Gasteiger charge is 2.22. The Morgan fingerprint density at radius 1 is 0.420 bits per heavy atom. The lowest BCUT2D eigenvalue weighted by molar-refractivity contribution is 0.669. The van der Waals surface area contributed by atoms with Crippen molar-refractivity contribution >= 4 is 43.7 Å². The van der Waals surface area contributed by atoms with E-state index in [0.717, 1.165) is 0 Å². The van der Waals surface area contributed by atoms with Crippen LogP contribution in [0.15, 0.2) is 174 Å². The van der Waals surface area contributed by atoms with Gasteiger partial charge in [0.15, 0.2) is 11.6 Å². The van der Waals surface area contributed by atoms with Crippen LogP contribution in [0.4, 0.5) is 0 Å². The Bertz CT molecular complexity index is 4410. The zero-order valence-corrected chi connectivity index (χ0v) is 24.7. The summed E-state index contributed by atoms with van der Waals surface area (Å²) in [5, 5.41) is -2.32. The summed E-state index contributed by atoms with van der Waals surface area (Å²) in [7, 11) is 0. The summed E-state index contributed by atoms with van der Waals surface area (Å²) in [5.74, 6) is -2.77. The van der Waals surface area contributed by atoms with Gasteiger partial charge in [-0.3, -0.25) is 4.57 Å². The van der Waals surface area contributed by atoms with E-state index in [1.54, 1.807) is 0 Å². The van der Waals surface area contributed by atoms with Crippen LogP contribution < -0.4 is 0 Å². The van der Waals surface area contributed by atoms with Gasteiger partial charge in [0.2, 0.25) is 5.95 Å². The first kappa shape index (κ1) is 11.9. The summed E-state index contributed by atoms with van der Waals surface area (Å²) in [5.41, 5.74) is -7.28. The minimum absolute atomic E-state index is 0.567. The van der Waals surface area contributed by atoms with Crippen LogP contribution in [-0.2, 0) is 0 Å². The van der Waals surface area contributed by atoms with Gasteiger partial charge in [0.05, 0.1) is 49.4 Å². The summed E-state index contributed by atoms with van der Waals surface area (Å²) in [6.45, 7) is 0. The molecule has 10 aromatic rings. The van der Waals surface area contributed by atoms with Crippen molar-refractivity contribution in [3.8, 4) is 51.0 Å². The maximum absolute atomic E-state index is 9.77. The monoisotopic (exact) mass is 668 g/mol. The highest BCUT2D eigenvalue weighted by atomic mass is 16.3. The van der Waals surface area contributed by atoms with Crippen LogP contribution >= 0.6 is 0 Å². The highest BCUT2D eigenvalue weighted by Crippen LogP contribution is 2.41. The van der Waals surface area contributed by atoms with Gasteiger partial charge in [0, 0.05) is 32.7 Å². The maximum atomic E-state index is 9.77. The largest absolute Gasteiger partial charge is 0.456 e. The Kier molecular flexibility index (Phi) is 2.72. The second kappa shape index (κ2) is 11.4. The molecule has 0 aliphatic heterocycles. The zero-order valence-electron chi connectivity index (χ0n) is 52.7. The molecule has 0 spiro atoms. The molecule has 3 aromatic heterocycles. The van der Waals surface area contributed by atoms with Crippen molar-refractivity contribution in [3.63, 3.8) is 0 Å². The summed E-state index contributed by atoms with van der Waals surface area (Å²) in [4.78, 5) is 13.5. The van der Waals surface area contributed by atoms with Gasteiger partial charge in [0.25, 0.3) is 0 Å². The Morgan fingerprint density at radius 2 is 1.00 bits per heavy atom. The molecule has 50 heavy (non-hydrogen) atoms. The van der Waals surface area contributed by atoms with Crippen molar-refractivity contribution < 1.29 is 42.8 Å². The van der Waals surface area contributed by atoms with Crippen molar-refractivity contribution in [1.82, 2.24) is 19.5 Å². The predicted molar refractivity (Wildman–Crippen MR) is 203 cm³/mol. The van der Waals surface area contributed by atoms with Gasteiger partial charge in [-0.1, -0.05) is 145 Å². The number of fused-ring (bicyclic) bond motifs is 6. The van der Waals surface area contributed by atoms with Crippen LogP contribution in [0.1, 0.15) is 38.4 Å². The fourth-order valence-corrected chi connectivity index (χ4v) is 5.50. The molecule has 0 fully saturated rings. The first-order chi connectivity index (χ1) is 36.4. The Balaban J connectivity index is 1.50. The van der Waals surface area contributed by atoms with Crippen molar-refractivity contribution in [2.24, 2.45) is 0 Å². The van der Waals surface area contributed by atoms with E-state index in [0.29, 0.717) is 4.57 Å². The Labute approximate surface area is 327 Å². The number of para-hydroxylation sites is 1. The van der Waals surface area contributed by atoms with Crippen LogP contribution in [0.3, 0.4) is 0 Å². The number of aromatic nitrogens is 4. The Morgan fingerprint density at radius 3 is 1.74 bits per heavy atom. The number of furan rings is 1. The average Bonchev–Trinajstić information content (AvgIpc) is 4.22. The number of nitrogens with zero attached hydrogens (tertiary/aromatic N) is 4. The molecule has 0 bridgehead atoms. The van der Waals surface area contributed by atoms with E-state index >= 15 is 0 Å². The van der Waals surface area contributed by atoms with Gasteiger partial charge < -0.3 is 4.42 Å². The minimum Gasteiger partial charge on any atom is -0.456 e. The summed E-state index contributed by atoms with van der Waals surface area (Å²) < 4.78 is 254. The topological polar surface area (TPSA) is 56.7 Å². The highest BCUT2D eigenvalue weighted by molar-refractivity contribution is 6.17. The number of hydrogen-bond acceptors (Lipinski definition) is 4. The van der Waals surface area contributed by atoms with Gasteiger partial charge in [-0.05, 0) is 46.4 Å². The van der Waals surface area contributed by atoms with Crippen molar-refractivity contribution in [2.75, 3.05) is 0 Å². The van der Waals surface area contributed by atoms with Crippen LogP contribution in [0.2, 0.25) is 0 Å². The average molecular weight is 669 g/mol. The van der Waals surface area contributed by atoms with Crippen molar-refractivity contribution in [1.29, 1.82) is 0 Å². The number of rotatable bonds is 5. The van der Waals surface area contributed by atoms with Gasteiger partial charge in [-0.15, -0.1) is 0 Å². The molecule has 0 saturated heterocycles. The lowest BCUT2D eigenvalue weighted by Crippen LogP contribution is -2.06. The van der Waals surface area contributed by atoms with E-state index in [1.165, 1.54) is 0 Å². The SMILES string of the molecule is [2H]c1c([2H])c([2H])c(-c2nc(-c3c([2H])c([2H])c([2H])c4oc5c([2H])c([2H])c([2H])c(-c6c([2H])c([2H])c([2H])c([2H])c6[2H])c5c34)nc(-n3c4c([2H])c([2H])c([2H])c([2H])c4c4c([2H])c([2H])c(-c5c([2H])c([2H])c([2H])c([2H])c5[2H])c([2H])c43)n2)c([2H])c1[2H]. The third-order valence-electron chi connectivity index (χ3n) is 7.56. The summed E-state index contributed by atoms with van der Waals surface area (Å²) in [6.07, 6.45) is 0. The molecule has 234 valence electrons. The summed E-state index contributed by atoms with van der Waals surface area (Å²) >= 11 is 0. The molecule has 0 aliphatic rings. The molecule has 0 unspecified atom stereocenters. The molecule has 0 atom stereocenters. The second-order valence-corrected chi connectivity index (χ2v) is 10.3. The molecule has 5 heteroatoms. The van der Waals surface area contributed by atoms with Crippen LogP contribution in [0.25, 0.3) is 94.7 Å². The predicted octanol–water partition coefficient (Wildman–Crippen LogP) is 11.5.